The number of hydrogen-bond acceptors (Lipinski definition) is 4. The van der Waals surface area contributed by atoms with E-state index in [0.717, 1.165) is 28.2 Å². The van der Waals surface area contributed by atoms with Gasteiger partial charge in [-0.3, -0.25) is 4.79 Å². The summed E-state index contributed by atoms with van der Waals surface area (Å²) >= 11 is 0. The van der Waals surface area contributed by atoms with Gasteiger partial charge in [0.2, 0.25) is 10.0 Å². The molecule has 2 aromatic carbocycles. The highest BCUT2D eigenvalue weighted by Crippen LogP contribution is 2.23. The Morgan fingerprint density at radius 2 is 1.70 bits per heavy atom. The molecule has 1 aromatic heterocycles. The number of benzene rings is 2. The Hall–Kier alpha value is -2.97. The standard InChI is InChI=1S/C22H25N3O4S/c1-16-21(17(2)25(23-16)19-7-5-4-6-8-19)15-24(3)30(28,29)20-12-9-18(10-13-20)11-14-22(26)27/h4-10,12-13H,11,14-15H2,1-3H3,(H,26,27). The molecule has 1 heterocycles. The van der Waals surface area contributed by atoms with E-state index in [1.807, 2.05) is 48.9 Å². The van der Waals surface area contributed by atoms with Crippen molar-refractivity contribution in [2.75, 3.05) is 7.05 Å². The zero-order valence-corrected chi connectivity index (χ0v) is 18.1. The Balaban J connectivity index is 1.81. The molecular formula is C22H25N3O4S. The predicted molar refractivity (Wildman–Crippen MR) is 114 cm³/mol. The van der Waals surface area contributed by atoms with Gasteiger partial charge in [0.05, 0.1) is 16.3 Å². The Labute approximate surface area is 176 Å². The van der Waals surface area contributed by atoms with Gasteiger partial charge in [-0.15, -0.1) is 0 Å². The summed E-state index contributed by atoms with van der Waals surface area (Å²) in [6, 6.07) is 16.1. The maximum atomic E-state index is 13.0. The van der Waals surface area contributed by atoms with E-state index in [2.05, 4.69) is 5.10 Å². The van der Waals surface area contributed by atoms with E-state index in [9.17, 15) is 13.2 Å². The maximum Gasteiger partial charge on any atom is 0.303 e. The molecule has 0 saturated carbocycles. The largest absolute Gasteiger partial charge is 0.481 e. The third-order valence-electron chi connectivity index (χ3n) is 5.08. The van der Waals surface area contributed by atoms with Gasteiger partial charge in [-0.05, 0) is 50.1 Å². The van der Waals surface area contributed by atoms with Gasteiger partial charge in [-0.2, -0.15) is 9.40 Å². The molecule has 0 unspecified atom stereocenters. The first-order chi connectivity index (χ1) is 14.2. The number of carboxylic acid groups (broad SMARTS) is 1. The van der Waals surface area contributed by atoms with Crippen LogP contribution in [0.15, 0.2) is 59.5 Å². The number of carbonyl (C=O) groups is 1. The molecule has 0 radical (unpaired) electrons. The molecule has 30 heavy (non-hydrogen) atoms. The first-order valence-corrected chi connectivity index (χ1v) is 11.0. The van der Waals surface area contributed by atoms with Crippen molar-refractivity contribution < 1.29 is 18.3 Å². The second-order valence-electron chi connectivity index (χ2n) is 7.20. The molecule has 0 aliphatic carbocycles. The molecule has 0 aliphatic rings. The Kier molecular flexibility index (Phi) is 6.38. The van der Waals surface area contributed by atoms with Gasteiger partial charge in [0, 0.05) is 31.3 Å². The van der Waals surface area contributed by atoms with Crippen LogP contribution in [0.25, 0.3) is 5.69 Å². The van der Waals surface area contributed by atoms with Crippen molar-refractivity contribution in [3.05, 3.63) is 77.1 Å². The first kappa shape index (κ1) is 21.7. The molecule has 0 atom stereocenters. The number of aromatic nitrogens is 2. The molecule has 0 saturated heterocycles. The number of aliphatic carboxylic acids is 1. The van der Waals surface area contributed by atoms with Gasteiger partial charge in [-0.1, -0.05) is 30.3 Å². The normalized spacial score (nSPS) is 11.7. The summed E-state index contributed by atoms with van der Waals surface area (Å²) in [4.78, 5) is 10.9. The summed E-state index contributed by atoms with van der Waals surface area (Å²) in [5.41, 5.74) is 4.25. The van der Waals surface area contributed by atoms with Crippen molar-refractivity contribution in [2.45, 2.75) is 38.1 Å². The third kappa shape index (κ3) is 4.60. The number of nitrogens with zero attached hydrogens (tertiary/aromatic N) is 3. The van der Waals surface area contributed by atoms with E-state index in [4.69, 9.17) is 5.11 Å². The molecule has 0 aliphatic heterocycles. The summed E-state index contributed by atoms with van der Waals surface area (Å²) in [7, 11) is -2.15. The van der Waals surface area contributed by atoms with Crippen LogP contribution in [0, 0.1) is 13.8 Å². The van der Waals surface area contributed by atoms with E-state index < -0.39 is 16.0 Å². The lowest BCUT2D eigenvalue weighted by molar-refractivity contribution is -0.136. The number of carboxylic acids is 1. The minimum absolute atomic E-state index is 0.00988. The lowest BCUT2D eigenvalue weighted by Gasteiger charge is -2.18. The molecule has 3 aromatic rings. The molecular weight excluding hydrogens is 402 g/mol. The van der Waals surface area contributed by atoms with E-state index in [1.165, 1.54) is 16.4 Å². The van der Waals surface area contributed by atoms with Crippen LogP contribution in [0.4, 0.5) is 0 Å². The molecule has 8 heteroatoms. The molecule has 3 rings (SSSR count). The molecule has 0 spiro atoms. The molecule has 158 valence electrons. The number of sulfonamides is 1. The fourth-order valence-electron chi connectivity index (χ4n) is 3.29. The van der Waals surface area contributed by atoms with Crippen LogP contribution in [0.5, 0.6) is 0 Å². The van der Waals surface area contributed by atoms with E-state index in [-0.39, 0.29) is 17.9 Å². The fraction of sp³-hybridized carbons (Fsp3) is 0.273. The highest BCUT2D eigenvalue weighted by molar-refractivity contribution is 7.89. The highest BCUT2D eigenvalue weighted by atomic mass is 32.2. The lowest BCUT2D eigenvalue weighted by Crippen LogP contribution is -2.27. The maximum absolute atomic E-state index is 13.0. The summed E-state index contributed by atoms with van der Waals surface area (Å²) < 4.78 is 29.2. The van der Waals surface area contributed by atoms with Gasteiger partial charge in [0.25, 0.3) is 0 Å². The van der Waals surface area contributed by atoms with Crippen LogP contribution < -0.4 is 0 Å². The minimum Gasteiger partial charge on any atom is -0.481 e. The van der Waals surface area contributed by atoms with E-state index in [1.54, 1.807) is 19.2 Å². The second kappa shape index (κ2) is 8.81. The monoisotopic (exact) mass is 427 g/mol. The zero-order valence-electron chi connectivity index (χ0n) is 17.2. The van der Waals surface area contributed by atoms with Gasteiger partial charge in [-0.25, -0.2) is 13.1 Å². The van der Waals surface area contributed by atoms with Crippen LogP contribution >= 0.6 is 0 Å². The van der Waals surface area contributed by atoms with Crippen molar-refractivity contribution in [3.8, 4) is 5.69 Å². The molecule has 0 bridgehead atoms. The van der Waals surface area contributed by atoms with Crippen molar-refractivity contribution in [1.82, 2.24) is 14.1 Å². The third-order valence-corrected chi connectivity index (χ3v) is 6.90. The highest BCUT2D eigenvalue weighted by Gasteiger charge is 2.24. The Bertz CT molecular complexity index is 1140. The van der Waals surface area contributed by atoms with Gasteiger partial charge < -0.3 is 5.11 Å². The van der Waals surface area contributed by atoms with E-state index >= 15 is 0 Å². The first-order valence-electron chi connectivity index (χ1n) is 9.57. The molecule has 0 amide bonds. The summed E-state index contributed by atoms with van der Waals surface area (Å²) in [6.07, 6.45) is 0.374. The second-order valence-corrected chi connectivity index (χ2v) is 9.24. The average Bonchev–Trinajstić information content (AvgIpc) is 3.01. The van der Waals surface area contributed by atoms with Crippen molar-refractivity contribution >= 4 is 16.0 Å². The van der Waals surface area contributed by atoms with E-state index in [0.29, 0.717) is 6.42 Å². The number of para-hydroxylation sites is 1. The van der Waals surface area contributed by atoms with Crippen LogP contribution in [0.3, 0.4) is 0 Å². The smallest absolute Gasteiger partial charge is 0.303 e. The fourth-order valence-corrected chi connectivity index (χ4v) is 4.43. The number of aryl methyl sites for hydroxylation is 2. The molecule has 0 fully saturated rings. The van der Waals surface area contributed by atoms with Crippen molar-refractivity contribution in [1.29, 1.82) is 0 Å². The average molecular weight is 428 g/mol. The number of rotatable bonds is 8. The van der Waals surface area contributed by atoms with Crippen LogP contribution in [0.2, 0.25) is 0 Å². The van der Waals surface area contributed by atoms with Crippen molar-refractivity contribution in [3.63, 3.8) is 0 Å². The lowest BCUT2D eigenvalue weighted by atomic mass is 10.1. The summed E-state index contributed by atoms with van der Waals surface area (Å²) in [5, 5.41) is 13.4. The zero-order chi connectivity index (χ0) is 21.9. The Morgan fingerprint density at radius 3 is 2.30 bits per heavy atom. The van der Waals surface area contributed by atoms with Gasteiger partial charge in [0.15, 0.2) is 0 Å². The molecule has 7 nitrogen and oxygen atoms in total. The molecule has 1 N–H and O–H groups in total. The summed E-state index contributed by atoms with van der Waals surface area (Å²) in [5.74, 6) is -0.881. The van der Waals surface area contributed by atoms with Gasteiger partial charge >= 0.3 is 5.97 Å². The summed E-state index contributed by atoms with van der Waals surface area (Å²) in [6.45, 7) is 4.01. The SMILES string of the molecule is Cc1nn(-c2ccccc2)c(C)c1CN(C)S(=O)(=O)c1ccc(CCC(=O)O)cc1. The van der Waals surface area contributed by atoms with Crippen molar-refractivity contribution in [2.24, 2.45) is 0 Å². The van der Waals surface area contributed by atoms with Crippen LogP contribution in [-0.2, 0) is 27.8 Å². The van der Waals surface area contributed by atoms with Gasteiger partial charge in [0.1, 0.15) is 0 Å². The quantitative estimate of drug-likeness (QED) is 0.595. The Morgan fingerprint density at radius 1 is 1.07 bits per heavy atom. The minimum atomic E-state index is -3.69. The predicted octanol–water partition coefficient (Wildman–Crippen LogP) is 3.33. The van der Waals surface area contributed by atoms with Crippen LogP contribution in [-0.4, -0.2) is 40.6 Å². The van der Waals surface area contributed by atoms with Crippen LogP contribution in [0.1, 0.15) is 28.9 Å². The number of hydrogen-bond donors (Lipinski definition) is 1. The topological polar surface area (TPSA) is 92.5 Å².